The Kier molecular flexibility index (Phi) is 6.35. The molecule has 2 aromatic heterocycles. The Bertz CT molecular complexity index is 1550. The van der Waals surface area contributed by atoms with Gasteiger partial charge in [0.2, 0.25) is 5.88 Å². The molecule has 2 aromatic carbocycles. The summed E-state index contributed by atoms with van der Waals surface area (Å²) in [5.74, 6) is 0.926. The molecule has 0 saturated heterocycles. The molecule has 180 valence electrons. The zero-order valence-corrected chi connectivity index (χ0v) is 21.4. The normalized spacial score (nSPS) is 15.3. The van der Waals surface area contributed by atoms with Crippen molar-refractivity contribution in [3.8, 4) is 17.4 Å². The Hall–Kier alpha value is -2.85. The zero-order valence-electron chi connectivity index (χ0n) is 18.2. The number of anilines is 1. The van der Waals surface area contributed by atoms with Crippen molar-refractivity contribution in [3.05, 3.63) is 75.2 Å². The zero-order chi connectivity index (χ0) is 24.7. The Morgan fingerprint density at radius 2 is 1.91 bits per heavy atom. The van der Waals surface area contributed by atoms with Gasteiger partial charge in [-0.3, -0.25) is 4.79 Å². The minimum absolute atomic E-state index is 0.153. The Labute approximate surface area is 215 Å². The summed E-state index contributed by atoms with van der Waals surface area (Å²) in [6.07, 6.45) is 1.63. The number of carbonyl (C=O) groups is 1. The summed E-state index contributed by atoms with van der Waals surface area (Å²) < 4.78 is 36.7. The molecule has 1 aliphatic rings. The second kappa shape index (κ2) is 9.31. The number of rotatable bonds is 5. The fourth-order valence-electron chi connectivity index (χ4n) is 3.86. The van der Waals surface area contributed by atoms with E-state index in [4.69, 9.17) is 32.7 Å². The second-order valence-electron chi connectivity index (χ2n) is 8.02. The number of aromatic nitrogens is 1. The van der Waals surface area contributed by atoms with Crippen LogP contribution in [0.25, 0.3) is 10.1 Å². The largest absolute Gasteiger partial charge is 0.493 e. The second-order valence-corrected chi connectivity index (χ2v) is 12.2. The number of pyridine rings is 1. The van der Waals surface area contributed by atoms with E-state index in [0.717, 1.165) is 10.1 Å². The number of carbonyl (C=O) groups excluding carboxylic acids is 1. The molecule has 4 aromatic rings. The lowest BCUT2D eigenvalue weighted by Gasteiger charge is -2.24. The Balaban J connectivity index is 1.40. The molecule has 1 amide bonds. The van der Waals surface area contributed by atoms with Crippen molar-refractivity contribution in [1.82, 2.24) is 4.98 Å². The lowest BCUT2D eigenvalue weighted by Crippen LogP contribution is -2.20. The minimum atomic E-state index is -3.28. The monoisotopic (exact) mass is 548 g/mol. The number of thiophene rings is 1. The molecular formula is C24H18Cl2N2O5S2. The average molecular weight is 549 g/mol. The molecule has 0 fully saturated rings. The van der Waals surface area contributed by atoms with Crippen molar-refractivity contribution in [2.75, 3.05) is 18.2 Å². The van der Waals surface area contributed by atoms with Crippen molar-refractivity contribution < 1.29 is 22.7 Å². The molecule has 5 rings (SSSR count). The van der Waals surface area contributed by atoms with Gasteiger partial charge in [-0.15, -0.1) is 11.3 Å². The van der Waals surface area contributed by atoms with Crippen LogP contribution in [0, 0.1) is 0 Å². The number of fused-ring (bicyclic) bond motifs is 2. The molecule has 7 nitrogen and oxygen atoms in total. The quantitative estimate of drug-likeness (QED) is 0.285. The van der Waals surface area contributed by atoms with Crippen LogP contribution in [-0.4, -0.2) is 32.2 Å². The summed E-state index contributed by atoms with van der Waals surface area (Å²) in [5, 5.41) is 3.70. The van der Waals surface area contributed by atoms with Gasteiger partial charge >= 0.3 is 0 Å². The summed E-state index contributed by atoms with van der Waals surface area (Å²) in [6.45, 7) is 0.332. The molecule has 0 bridgehead atoms. The lowest BCUT2D eigenvalue weighted by atomic mass is 10.0. The van der Waals surface area contributed by atoms with Crippen molar-refractivity contribution in [1.29, 1.82) is 0 Å². The number of nitrogens with zero attached hydrogens (tertiary/aromatic N) is 1. The topological polar surface area (TPSA) is 94.6 Å². The van der Waals surface area contributed by atoms with Crippen LogP contribution in [0.4, 0.5) is 5.69 Å². The van der Waals surface area contributed by atoms with Crippen molar-refractivity contribution in [3.63, 3.8) is 0 Å². The highest BCUT2D eigenvalue weighted by Gasteiger charge is 2.30. The third-order valence-corrected chi connectivity index (χ3v) is 8.50. The molecule has 3 heterocycles. The summed E-state index contributed by atoms with van der Waals surface area (Å²) in [6, 6.07) is 15.2. The van der Waals surface area contributed by atoms with Gasteiger partial charge in [0.25, 0.3) is 5.91 Å². The smallest absolute Gasteiger partial charge is 0.265 e. The molecule has 0 spiro atoms. The fraction of sp³-hybridized carbons (Fsp3) is 0.167. The van der Waals surface area contributed by atoms with Gasteiger partial charge < -0.3 is 14.8 Å². The number of ether oxygens (including phenoxy) is 2. The number of hydrogen-bond acceptors (Lipinski definition) is 7. The predicted molar refractivity (Wildman–Crippen MR) is 138 cm³/mol. The van der Waals surface area contributed by atoms with Crippen LogP contribution in [0.3, 0.4) is 0 Å². The first-order valence-corrected chi connectivity index (χ1v) is 14.0. The van der Waals surface area contributed by atoms with Crippen molar-refractivity contribution in [2.24, 2.45) is 0 Å². The first-order chi connectivity index (χ1) is 16.7. The number of nitrogens with one attached hydrogen (secondary N) is 1. The van der Waals surface area contributed by atoms with Gasteiger partial charge in [-0.1, -0.05) is 23.2 Å². The molecule has 0 aliphatic carbocycles. The summed E-state index contributed by atoms with van der Waals surface area (Å²) in [7, 11) is -3.28. The van der Waals surface area contributed by atoms with Gasteiger partial charge in [0.05, 0.1) is 16.7 Å². The molecule has 1 aliphatic heterocycles. The fourth-order valence-corrected chi connectivity index (χ4v) is 6.33. The molecule has 1 atom stereocenters. The van der Waals surface area contributed by atoms with Crippen LogP contribution in [-0.2, 0) is 9.84 Å². The Morgan fingerprint density at radius 1 is 1.14 bits per heavy atom. The SMILES string of the molecule is CS(=O)(=O)[C@@H]1CCOc2cc3sc(C(=O)Nc4cc(Cl)nc(Oc5ccc(Cl)cc5)c4)cc3cc21. The highest BCUT2D eigenvalue weighted by Crippen LogP contribution is 2.41. The van der Waals surface area contributed by atoms with E-state index in [1.165, 1.54) is 23.7 Å². The van der Waals surface area contributed by atoms with E-state index in [-0.39, 0.29) is 16.9 Å². The third kappa shape index (κ3) is 5.23. The van der Waals surface area contributed by atoms with Crippen LogP contribution < -0.4 is 14.8 Å². The van der Waals surface area contributed by atoms with Gasteiger partial charge in [0, 0.05) is 39.7 Å². The van der Waals surface area contributed by atoms with Gasteiger partial charge in [-0.25, -0.2) is 13.4 Å². The standard InChI is InChI=1S/C24H18Cl2N2O5S2/c1-35(30,31)21-6-7-32-18-12-19-13(8-17(18)21)9-20(34-19)24(29)27-15-10-22(26)28-23(11-15)33-16-4-2-14(25)3-5-16/h2-5,8-12,21H,6-7H2,1H3,(H,27,28,29)/t21-/m1/s1. The van der Waals surface area contributed by atoms with E-state index >= 15 is 0 Å². The van der Waals surface area contributed by atoms with Crippen molar-refractivity contribution in [2.45, 2.75) is 11.7 Å². The maximum Gasteiger partial charge on any atom is 0.265 e. The highest BCUT2D eigenvalue weighted by atomic mass is 35.5. The molecule has 11 heteroatoms. The highest BCUT2D eigenvalue weighted by molar-refractivity contribution is 7.90. The van der Waals surface area contributed by atoms with Gasteiger partial charge in [0.15, 0.2) is 9.84 Å². The molecular weight excluding hydrogens is 531 g/mol. The summed E-state index contributed by atoms with van der Waals surface area (Å²) >= 11 is 13.3. The minimum Gasteiger partial charge on any atom is -0.493 e. The number of sulfone groups is 1. The summed E-state index contributed by atoms with van der Waals surface area (Å²) in [5.41, 5.74) is 1.04. The predicted octanol–water partition coefficient (Wildman–Crippen LogP) is 6.52. The molecule has 0 saturated carbocycles. The molecule has 0 radical (unpaired) electrons. The third-order valence-electron chi connectivity index (χ3n) is 5.44. The first-order valence-electron chi connectivity index (χ1n) is 10.5. The van der Waals surface area contributed by atoms with E-state index in [9.17, 15) is 13.2 Å². The number of amides is 1. The van der Waals surface area contributed by atoms with E-state index in [1.807, 2.05) is 0 Å². The first kappa shape index (κ1) is 23.9. The van der Waals surface area contributed by atoms with E-state index < -0.39 is 15.1 Å². The molecule has 0 unspecified atom stereocenters. The van der Waals surface area contributed by atoms with Crippen molar-refractivity contribution >= 4 is 66.1 Å². The van der Waals surface area contributed by atoms with Crippen LogP contribution in [0.2, 0.25) is 10.2 Å². The maximum atomic E-state index is 13.0. The van der Waals surface area contributed by atoms with Gasteiger partial charge in [-0.05, 0) is 53.9 Å². The number of halogens is 2. The van der Waals surface area contributed by atoms with Crippen LogP contribution in [0.15, 0.2) is 54.6 Å². The number of hydrogen-bond donors (Lipinski definition) is 1. The molecule has 35 heavy (non-hydrogen) atoms. The van der Waals surface area contributed by atoms with E-state index in [0.29, 0.717) is 45.7 Å². The Morgan fingerprint density at radius 3 is 2.66 bits per heavy atom. The number of benzene rings is 2. The lowest BCUT2D eigenvalue weighted by molar-refractivity contribution is 0.103. The van der Waals surface area contributed by atoms with E-state index in [1.54, 1.807) is 48.5 Å². The maximum absolute atomic E-state index is 13.0. The van der Waals surface area contributed by atoms with E-state index in [2.05, 4.69) is 10.3 Å². The average Bonchev–Trinajstić information content (AvgIpc) is 3.21. The van der Waals surface area contributed by atoms with Gasteiger partial charge in [0.1, 0.15) is 16.7 Å². The van der Waals surface area contributed by atoms with Crippen LogP contribution >= 0.6 is 34.5 Å². The summed E-state index contributed by atoms with van der Waals surface area (Å²) in [4.78, 5) is 17.6. The van der Waals surface area contributed by atoms with Crippen LogP contribution in [0.1, 0.15) is 26.9 Å². The van der Waals surface area contributed by atoms with Gasteiger partial charge in [-0.2, -0.15) is 0 Å². The molecule has 1 N–H and O–H groups in total. The van der Waals surface area contributed by atoms with Crippen LogP contribution in [0.5, 0.6) is 17.4 Å².